The summed E-state index contributed by atoms with van der Waals surface area (Å²) in [6.45, 7) is 3.65. The van der Waals surface area contributed by atoms with E-state index in [9.17, 15) is 13.2 Å². The number of benzene rings is 2. The van der Waals surface area contributed by atoms with E-state index in [2.05, 4.69) is 11.9 Å². The second-order valence-electron chi connectivity index (χ2n) is 7.86. The van der Waals surface area contributed by atoms with Crippen molar-refractivity contribution in [2.24, 2.45) is 0 Å². The zero-order valence-electron chi connectivity index (χ0n) is 17.1. The van der Waals surface area contributed by atoms with Gasteiger partial charge in [-0.05, 0) is 42.9 Å². The van der Waals surface area contributed by atoms with E-state index < -0.39 is 10.0 Å². The maximum atomic E-state index is 13.1. The first-order valence-electron chi connectivity index (χ1n) is 9.83. The number of carbonyl (C=O) groups excluding carboxylic acids is 1. The SMILES string of the molecule is CN1CCN(C(=O)c2ccc(CN3CN(C)c4ccc(Cl)cc4S3(=O)=O)cc2)CC1. The van der Waals surface area contributed by atoms with Crippen LogP contribution in [0.15, 0.2) is 47.4 Å². The minimum absolute atomic E-state index is 0.0172. The lowest BCUT2D eigenvalue weighted by molar-refractivity contribution is 0.0664. The van der Waals surface area contributed by atoms with Crippen LogP contribution in [0.1, 0.15) is 15.9 Å². The predicted octanol–water partition coefficient (Wildman–Crippen LogP) is 2.33. The highest BCUT2D eigenvalue weighted by Gasteiger charge is 2.34. The molecule has 2 heterocycles. The lowest BCUT2D eigenvalue weighted by atomic mass is 10.1. The number of carbonyl (C=O) groups is 1. The number of halogens is 1. The molecule has 160 valence electrons. The molecule has 1 amide bonds. The smallest absolute Gasteiger partial charge is 0.253 e. The summed E-state index contributed by atoms with van der Waals surface area (Å²) >= 11 is 6.04. The molecule has 0 saturated carbocycles. The molecule has 0 aromatic heterocycles. The highest BCUT2D eigenvalue weighted by molar-refractivity contribution is 7.89. The molecule has 2 aromatic carbocycles. The Kier molecular flexibility index (Phi) is 5.76. The number of sulfonamides is 1. The Labute approximate surface area is 182 Å². The highest BCUT2D eigenvalue weighted by Crippen LogP contribution is 2.35. The van der Waals surface area contributed by atoms with Gasteiger partial charge in [0.2, 0.25) is 10.0 Å². The summed E-state index contributed by atoms with van der Waals surface area (Å²) in [4.78, 5) is 18.9. The van der Waals surface area contributed by atoms with Crippen LogP contribution in [0.4, 0.5) is 5.69 Å². The zero-order valence-corrected chi connectivity index (χ0v) is 18.7. The van der Waals surface area contributed by atoms with E-state index in [0.29, 0.717) is 16.3 Å². The molecule has 2 aliphatic rings. The fourth-order valence-corrected chi connectivity index (χ4v) is 5.74. The number of fused-ring (bicyclic) bond motifs is 1. The van der Waals surface area contributed by atoms with Gasteiger partial charge in [0.05, 0.1) is 12.4 Å². The van der Waals surface area contributed by atoms with Crippen molar-refractivity contribution in [2.45, 2.75) is 11.4 Å². The fraction of sp³-hybridized carbons (Fsp3) is 0.381. The summed E-state index contributed by atoms with van der Waals surface area (Å²) in [7, 11) is 0.246. The Balaban J connectivity index is 1.50. The normalized spacial score (nSPS) is 19.6. The molecule has 1 fully saturated rings. The Morgan fingerprint density at radius 1 is 1.00 bits per heavy atom. The summed E-state index contributed by atoms with van der Waals surface area (Å²) in [6.07, 6.45) is 0. The van der Waals surface area contributed by atoms with Gasteiger partial charge in [-0.15, -0.1) is 0 Å². The summed E-state index contributed by atoms with van der Waals surface area (Å²) in [5.74, 6) is 0.0172. The van der Waals surface area contributed by atoms with Crippen LogP contribution in [0.5, 0.6) is 0 Å². The summed E-state index contributed by atoms with van der Waals surface area (Å²) in [6, 6.07) is 12.1. The first kappa shape index (κ1) is 21.1. The molecule has 0 unspecified atom stereocenters. The average Bonchev–Trinajstić information content (AvgIpc) is 2.73. The van der Waals surface area contributed by atoms with E-state index in [-0.39, 0.29) is 24.0 Å². The van der Waals surface area contributed by atoms with Gasteiger partial charge >= 0.3 is 0 Å². The van der Waals surface area contributed by atoms with Gasteiger partial charge in [0.1, 0.15) is 4.90 Å². The quantitative estimate of drug-likeness (QED) is 0.721. The van der Waals surface area contributed by atoms with Crippen molar-refractivity contribution in [2.75, 3.05) is 51.8 Å². The first-order valence-corrected chi connectivity index (χ1v) is 11.6. The van der Waals surface area contributed by atoms with E-state index in [1.165, 1.54) is 10.4 Å². The van der Waals surface area contributed by atoms with Gasteiger partial charge in [0.25, 0.3) is 5.91 Å². The molecule has 0 atom stereocenters. The van der Waals surface area contributed by atoms with Crippen molar-refractivity contribution in [1.82, 2.24) is 14.1 Å². The molecule has 0 aliphatic carbocycles. The van der Waals surface area contributed by atoms with Crippen molar-refractivity contribution in [3.8, 4) is 0 Å². The molecule has 7 nitrogen and oxygen atoms in total. The number of likely N-dealkylation sites (N-methyl/N-ethyl adjacent to an activating group) is 1. The zero-order chi connectivity index (χ0) is 21.5. The van der Waals surface area contributed by atoms with E-state index in [1.54, 1.807) is 24.3 Å². The molecule has 4 rings (SSSR count). The van der Waals surface area contributed by atoms with E-state index in [4.69, 9.17) is 11.6 Å². The molecular weight excluding hydrogens is 424 g/mol. The van der Waals surface area contributed by atoms with Crippen LogP contribution in [0.25, 0.3) is 0 Å². The minimum Gasteiger partial charge on any atom is -0.359 e. The van der Waals surface area contributed by atoms with Gasteiger partial charge in [-0.2, -0.15) is 4.31 Å². The van der Waals surface area contributed by atoms with Crippen molar-refractivity contribution in [3.05, 3.63) is 58.6 Å². The number of hydrogen-bond acceptors (Lipinski definition) is 5. The van der Waals surface area contributed by atoms with E-state index in [1.807, 2.05) is 29.0 Å². The van der Waals surface area contributed by atoms with Crippen LogP contribution in [0.2, 0.25) is 5.02 Å². The van der Waals surface area contributed by atoms with Crippen LogP contribution in [0, 0.1) is 0 Å². The number of rotatable bonds is 3. The number of piperazine rings is 1. The number of amides is 1. The maximum absolute atomic E-state index is 13.1. The largest absolute Gasteiger partial charge is 0.359 e. The minimum atomic E-state index is -3.66. The maximum Gasteiger partial charge on any atom is 0.253 e. The average molecular weight is 449 g/mol. The van der Waals surface area contributed by atoms with E-state index >= 15 is 0 Å². The van der Waals surface area contributed by atoms with Gasteiger partial charge in [0, 0.05) is 50.4 Å². The van der Waals surface area contributed by atoms with Gasteiger partial charge in [-0.25, -0.2) is 8.42 Å². The lowest BCUT2D eigenvalue weighted by Gasteiger charge is -2.35. The molecule has 0 spiro atoms. The van der Waals surface area contributed by atoms with Crippen molar-refractivity contribution in [1.29, 1.82) is 0 Å². The molecule has 2 aliphatic heterocycles. The summed E-state index contributed by atoms with van der Waals surface area (Å²) in [5, 5.41) is 0.388. The number of nitrogens with zero attached hydrogens (tertiary/aromatic N) is 4. The predicted molar refractivity (Wildman–Crippen MR) is 117 cm³/mol. The molecule has 0 radical (unpaired) electrons. The standard InChI is InChI=1S/C21H25ClN4O3S/c1-23-9-11-25(12-10-23)21(27)17-5-3-16(4-6-17)14-26-15-24(2)19-8-7-18(22)13-20(19)30(26,28)29/h3-8,13H,9-12,14-15H2,1-2H3. The van der Waals surface area contributed by atoms with Crippen LogP contribution in [-0.2, 0) is 16.6 Å². The van der Waals surface area contributed by atoms with Crippen LogP contribution in [0.3, 0.4) is 0 Å². The third-order valence-electron chi connectivity index (χ3n) is 5.67. The van der Waals surface area contributed by atoms with Gasteiger partial charge in [0.15, 0.2) is 0 Å². The third-order valence-corrected chi connectivity index (χ3v) is 7.71. The van der Waals surface area contributed by atoms with Gasteiger partial charge in [-0.3, -0.25) is 4.79 Å². The summed E-state index contributed by atoms with van der Waals surface area (Å²) in [5.41, 5.74) is 2.09. The van der Waals surface area contributed by atoms with Crippen molar-refractivity contribution >= 4 is 33.2 Å². The first-order chi connectivity index (χ1) is 14.3. The molecule has 9 heteroatoms. The number of hydrogen-bond donors (Lipinski definition) is 0. The van der Waals surface area contributed by atoms with Gasteiger partial charge in [-0.1, -0.05) is 23.7 Å². The molecular formula is C21H25ClN4O3S. The topological polar surface area (TPSA) is 64.2 Å². The van der Waals surface area contributed by atoms with Crippen LogP contribution in [-0.4, -0.2) is 75.4 Å². The van der Waals surface area contributed by atoms with Crippen LogP contribution >= 0.6 is 11.6 Å². The summed E-state index contributed by atoms with van der Waals surface area (Å²) < 4.78 is 27.6. The second kappa shape index (κ2) is 8.19. The molecule has 0 bridgehead atoms. The third kappa shape index (κ3) is 4.05. The van der Waals surface area contributed by atoms with Crippen molar-refractivity contribution in [3.63, 3.8) is 0 Å². The Morgan fingerprint density at radius 3 is 2.33 bits per heavy atom. The van der Waals surface area contributed by atoms with Gasteiger partial charge < -0.3 is 14.7 Å². The highest BCUT2D eigenvalue weighted by atomic mass is 35.5. The van der Waals surface area contributed by atoms with Crippen LogP contribution < -0.4 is 4.90 Å². The lowest BCUT2D eigenvalue weighted by Crippen LogP contribution is -2.47. The molecule has 2 aromatic rings. The Hall–Kier alpha value is -2.13. The monoisotopic (exact) mass is 448 g/mol. The number of anilines is 1. The second-order valence-corrected chi connectivity index (χ2v) is 10.2. The molecule has 1 saturated heterocycles. The fourth-order valence-electron chi connectivity index (χ4n) is 3.82. The Bertz CT molecular complexity index is 1050. The molecule has 0 N–H and O–H groups in total. The Morgan fingerprint density at radius 2 is 1.67 bits per heavy atom. The van der Waals surface area contributed by atoms with Crippen molar-refractivity contribution < 1.29 is 13.2 Å². The van der Waals surface area contributed by atoms with E-state index in [0.717, 1.165) is 31.7 Å². The molecule has 30 heavy (non-hydrogen) atoms.